The van der Waals surface area contributed by atoms with Crippen LogP contribution in [0, 0.1) is 10.1 Å². The molecule has 1 N–H and O–H groups in total. The maximum atomic E-state index is 12.1. The minimum Gasteiger partial charge on any atom is -0.493 e. The number of methoxy groups -OCH3 is 1. The maximum Gasteiger partial charge on any atom is 0.273 e. The van der Waals surface area contributed by atoms with E-state index in [4.69, 9.17) is 9.47 Å². The predicted octanol–water partition coefficient (Wildman–Crippen LogP) is 3.77. The molecule has 0 aliphatic carbocycles. The number of carbonyl (C=O) groups excluding carboxylic acids is 1. The highest BCUT2D eigenvalue weighted by molar-refractivity contribution is 5.95. The fourth-order valence-corrected chi connectivity index (χ4v) is 2.50. The molecule has 26 heavy (non-hydrogen) atoms. The van der Waals surface area contributed by atoms with Gasteiger partial charge < -0.3 is 14.8 Å². The second kappa shape index (κ2) is 7.52. The monoisotopic (exact) mass is 352 g/mol. The van der Waals surface area contributed by atoms with E-state index in [1.165, 1.54) is 25.3 Å². The highest BCUT2D eigenvalue weighted by Gasteiger charge is 2.14. The summed E-state index contributed by atoms with van der Waals surface area (Å²) in [6.45, 7) is -0.301. The van der Waals surface area contributed by atoms with Crippen LogP contribution in [0.5, 0.6) is 11.5 Å². The number of rotatable bonds is 6. The molecule has 0 fully saturated rings. The SMILES string of the molecule is COc1ccc([N+](=O)[O-])cc1OCC(=O)Nc1ccc2ccccc2c1. The Bertz CT molecular complexity index is 971. The van der Waals surface area contributed by atoms with Crippen molar-refractivity contribution in [3.63, 3.8) is 0 Å². The van der Waals surface area contributed by atoms with Gasteiger partial charge in [-0.2, -0.15) is 0 Å². The Hall–Kier alpha value is -3.61. The third-order valence-electron chi connectivity index (χ3n) is 3.75. The number of non-ortho nitro benzene ring substituents is 1. The van der Waals surface area contributed by atoms with Gasteiger partial charge in [0.1, 0.15) is 0 Å². The van der Waals surface area contributed by atoms with Gasteiger partial charge in [0.05, 0.1) is 18.1 Å². The van der Waals surface area contributed by atoms with Crippen LogP contribution in [-0.2, 0) is 4.79 Å². The molecule has 0 atom stereocenters. The minimum atomic E-state index is -0.540. The molecular weight excluding hydrogens is 336 g/mol. The molecule has 0 saturated heterocycles. The number of nitro benzene ring substituents is 1. The van der Waals surface area contributed by atoms with Crippen LogP contribution in [-0.4, -0.2) is 24.5 Å². The van der Waals surface area contributed by atoms with Crippen LogP contribution in [0.3, 0.4) is 0 Å². The van der Waals surface area contributed by atoms with Crippen molar-refractivity contribution in [3.05, 3.63) is 70.8 Å². The van der Waals surface area contributed by atoms with E-state index >= 15 is 0 Å². The fourth-order valence-electron chi connectivity index (χ4n) is 2.50. The molecule has 0 aliphatic rings. The summed E-state index contributed by atoms with van der Waals surface area (Å²) >= 11 is 0. The number of hydrogen-bond acceptors (Lipinski definition) is 5. The van der Waals surface area contributed by atoms with Gasteiger partial charge in [-0.05, 0) is 29.0 Å². The van der Waals surface area contributed by atoms with Crippen molar-refractivity contribution in [2.24, 2.45) is 0 Å². The Labute approximate surface area is 149 Å². The first-order chi connectivity index (χ1) is 12.6. The topological polar surface area (TPSA) is 90.7 Å². The predicted molar refractivity (Wildman–Crippen MR) is 97.7 cm³/mol. The number of amides is 1. The first kappa shape index (κ1) is 17.2. The summed E-state index contributed by atoms with van der Waals surface area (Å²) in [5.74, 6) is 0.0679. The number of nitrogens with zero attached hydrogens (tertiary/aromatic N) is 1. The summed E-state index contributed by atoms with van der Waals surface area (Å²) in [4.78, 5) is 22.5. The molecule has 0 aromatic heterocycles. The summed E-state index contributed by atoms with van der Waals surface area (Å²) < 4.78 is 10.5. The summed E-state index contributed by atoms with van der Waals surface area (Å²) in [5.41, 5.74) is 0.499. The summed E-state index contributed by atoms with van der Waals surface area (Å²) in [7, 11) is 1.42. The molecule has 3 aromatic rings. The molecule has 0 bridgehead atoms. The third kappa shape index (κ3) is 3.89. The number of benzene rings is 3. The van der Waals surface area contributed by atoms with Crippen molar-refractivity contribution in [1.29, 1.82) is 0 Å². The molecule has 0 saturated carbocycles. The van der Waals surface area contributed by atoms with E-state index in [-0.39, 0.29) is 24.0 Å². The van der Waals surface area contributed by atoms with Crippen LogP contribution in [0.25, 0.3) is 10.8 Å². The normalized spacial score (nSPS) is 10.3. The molecule has 0 radical (unpaired) electrons. The molecule has 3 rings (SSSR count). The van der Waals surface area contributed by atoms with Crippen LogP contribution >= 0.6 is 0 Å². The van der Waals surface area contributed by atoms with Crippen LogP contribution in [0.15, 0.2) is 60.7 Å². The quantitative estimate of drug-likeness (QED) is 0.538. The van der Waals surface area contributed by atoms with Crippen molar-refractivity contribution < 1.29 is 19.2 Å². The van der Waals surface area contributed by atoms with Crippen molar-refractivity contribution in [3.8, 4) is 11.5 Å². The second-order valence-electron chi connectivity index (χ2n) is 5.49. The number of fused-ring (bicyclic) bond motifs is 1. The third-order valence-corrected chi connectivity index (χ3v) is 3.75. The lowest BCUT2D eigenvalue weighted by Gasteiger charge is -2.11. The first-order valence-electron chi connectivity index (χ1n) is 7.81. The highest BCUT2D eigenvalue weighted by atomic mass is 16.6. The summed E-state index contributed by atoms with van der Waals surface area (Å²) in [5, 5.41) is 15.7. The van der Waals surface area contributed by atoms with Crippen molar-refractivity contribution in [1.82, 2.24) is 0 Å². The zero-order valence-corrected chi connectivity index (χ0v) is 14.0. The van der Waals surface area contributed by atoms with Crippen molar-refractivity contribution in [2.75, 3.05) is 19.0 Å². The van der Waals surface area contributed by atoms with Gasteiger partial charge in [-0.25, -0.2) is 0 Å². The Kier molecular flexibility index (Phi) is 4.98. The Balaban J connectivity index is 1.68. The average molecular weight is 352 g/mol. The van der Waals surface area contributed by atoms with E-state index in [0.717, 1.165) is 10.8 Å². The second-order valence-corrected chi connectivity index (χ2v) is 5.49. The molecule has 7 heteroatoms. The van der Waals surface area contributed by atoms with E-state index in [1.54, 1.807) is 6.07 Å². The zero-order valence-electron chi connectivity index (χ0n) is 14.0. The molecule has 3 aromatic carbocycles. The van der Waals surface area contributed by atoms with E-state index in [1.807, 2.05) is 36.4 Å². The van der Waals surface area contributed by atoms with Gasteiger partial charge in [0.15, 0.2) is 18.1 Å². The Morgan fingerprint density at radius 1 is 1.04 bits per heavy atom. The Morgan fingerprint density at radius 2 is 1.81 bits per heavy atom. The molecule has 7 nitrogen and oxygen atoms in total. The first-order valence-corrected chi connectivity index (χ1v) is 7.81. The van der Waals surface area contributed by atoms with Crippen molar-refractivity contribution >= 4 is 28.1 Å². The van der Waals surface area contributed by atoms with Gasteiger partial charge in [0, 0.05) is 11.8 Å². The highest BCUT2D eigenvalue weighted by Crippen LogP contribution is 2.31. The van der Waals surface area contributed by atoms with E-state index in [0.29, 0.717) is 11.4 Å². The lowest BCUT2D eigenvalue weighted by Crippen LogP contribution is -2.20. The minimum absolute atomic E-state index is 0.135. The Morgan fingerprint density at radius 3 is 2.54 bits per heavy atom. The molecule has 132 valence electrons. The molecule has 0 unspecified atom stereocenters. The maximum absolute atomic E-state index is 12.1. The summed E-state index contributed by atoms with van der Waals surface area (Å²) in [6, 6.07) is 17.3. The lowest BCUT2D eigenvalue weighted by atomic mass is 10.1. The van der Waals surface area contributed by atoms with Crippen LogP contribution in [0.2, 0.25) is 0 Å². The van der Waals surface area contributed by atoms with Crippen LogP contribution < -0.4 is 14.8 Å². The van der Waals surface area contributed by atoms with E-state index in [9.17, 15) is 14.9 Å². The van der Waals surface area contributed by atoms with Gasteiger partial charge in [0.25, 0.3) is 11.6 Å². The number of nitrogens with one attached hydrogen (secondary N) is 1. The van der Waals surface area contributed by atoms with Gasteiger partial charge in [-0.1, -0.05) is 30.3 Å². The molecule has 1 amide bonds. The van der Waals surface area contributed by atoms with Gasteiger partial charge >= 0.3 is 0 Å². The summed E-state index contributed by atoms with van der Waals surface area (Å²) in [6.07, 6.45) is 0. The number of nitro groups is 1. The van der Waals surface area contributed by atoms with Gasteiger partial charge in [-0.15, -0.1) is 0 Å². The lowest BCUT2D eigenvalue weighted by molar-refractivity contribution is -0.385. The molecule has 0 spiro atoms. The standard InChI is InChI=1S/C19H16N2O5/c1-25-17-9-8-16(21(23)24)11-18(17)26-12-19(22)20-15-7-6-13-4-2-3-5-14(13)10-15/h2-11H,12H2,1H3,(H,20,22). The molecule has 0 heterocycles. The zero-order chi connectivity index (χ0) is 18.5. The largest absolute Gasteiger partial charge is 0.493 e. The van der Waals surface area contributed by atoms with Crippen molar-refractivity contribution in [2.45, 2.75) is 0 Å². The van der Waals surface area contributed by atoms with Crippen LogP contribution in [0.4, 0.5) is 11.4 Å². The molecular formula is C19H16N2O5. The number of ether oxygens (including phenoxy) is 2. The number of anilines is 1. The average Bonchev–Trinajstić information content (AvgIpc) is 2.66. The van der Waals surface area contributed by atoms with E-state index in [2.05, 4.69) is 5.32 Å². The van der Waals surface area contributed by atoms with Gasteiger partial charge in [-0.3, -0.25) is 14.9 Å². The van der Waals surface area contributed by atoms with Crippen LogP contribution in [0.1, 0.15) is 0 Å². The molecule has 0 aliphatic heterocycles. The van der Waals surface area contributed by atoms with Gasteiger partial charge in [0.2, 0.25) is 0 Å². The number of carbonyl (C=O) groups is 1. The smallest absolute Gasteiger partial charge is 0.273 e. The number of hydrogen-bond donors (Lipinski definition) is 1. The van der Waals surface area contributed by atoms with E-state index < -0.39 is 4.92 Å². The fraction of sp³-hybridized carbons (Fsp3) is 0.105.